The summed E-state index contributed by atoms with van der Waals surface area (Å²) in [6.07, 6.45) is 1.43. The molecule has 1 aromatic carbocycles. The highest BCUT2D eigenvalue weighted by molar-refractivity contribution is 5.65. The van der Waals surface area contributed by atoms with E-state index in [0.29, 0.717) is 12.7 Å². The number of hydrogen-bond donors (Lipinski definition) is 1. The first-order valence-electron chi connectivity index (χ1n) is 5.03. The Morgan fingerprint density at radius 3 is 3.29 bits per heavy atom. The predicted octanol–water partition coefficient (Wildman–Crippen LogP) is 1.43. The van der Waals surface area contributed by atoms with Crippen molar-refractivity contribution in [2.75, 3.05) is 25.1 Å². The minimum atomic E-state index is 0.326. The first-order chi connectivity index (χ1) is 6.93. The lowest BCUT2D eigenvalue weighted by molar-refractivity contribution is 0.264. The van der Waals surface area contributed by atoms with Crippen molar-refractivity contribution in [3.8, 4) is 5.75 Å². The van der Waals surface area contributed by atoms with E-state index in [1.165, 1.54) is 11.3 Å². The van der Waals surface area contributed by atoms with Gasteiger partial charge in [0, 0.05) is 6.54 Å². The van der Waals surface area contributed by atoms with Crippen molar-refractivity contribution in [3.63, 3.8) is 0 Å². The maximum Gasteiger partial charge on any atom is 0.142 e. The summed E-state index contributed by atoms with van der Waals surface area (Å²) < 4.78 is 10.8. The average molecular weight is 191 g/mol. The number of hydrogen-bond acceptors (Lipinski definition) is 3. The fourth-order valence-corrected chi connectivity index (χ4v) is 1.77. The van der Waals surface area contributed by atoms with Crippen LogP contribution in [0.5, 0.6) is 5.75 Å². The molecule has 0 amide bonds. The highest BCUT2D eigenvalue weighted by Crippen LogP contribution is 2.32. The van der Waals surface area contributed by atoms with E-state index in [1.807, 2.05) is 6.07 Å². The third-order valence-electron chi connectivity index (χ3n) is 2.64. The van der Waals surface area contributed by atoms with Crippen LogP contribution in [0.1, 0.15) is 5.56 Å². The van der Waals surface area contributed by atoms with Crippen LogP contribution in [0.15, 0.2) is 18.2 Å². The number of ether oxygens (including phenoxy) is 2. The fraction of sp³-hybridized carbons (Fsp3) is 0.455. The summed E-state index contributed by atoms with van der Waals surface area (Å²) in [6.45, 7) is 2.55. The molecule has 74 valence electrons. The Hall–Kier alpha value is -1.22. The molecule has 1 aromatic rings. The van der Waals surface area contributed by atoms with Gasteiger partial charge in [0.15, 0.2) is 0 Å². The Labute approximate surface area is 83.0 Å². The number of benzene rings is 1. The Morgan fingerprint density at radius 1 is 1.50 bits per heavy atom. The lowest BCUT2D eigenvalue weighted by Crippen LogP contribution is -2.05. The van der Waals surface area contributed by atoms with E-state index in [2.05, 4.69) is 17.4 Å². The summed E-state index contributed by atoms with van der Waals surface area (Å²) in [5.74, 6) is 0.968. The second-order valence-electron chi connectivity index (χ2n) is 3.73. The van der Waals surface area contributed by atoms with Crippen LogP contribution >= 0.6 is 0 Å². The molecule has 3 rings (SSSR count). The van der Waals surface area contributed by atoms with Crippen LogP contribution in [0.4, 0.5) is 5.69 Å². The Kier molecular flexibility index (Phi) is 1.84. The lowest BCUT2D eigenvalue weighted by atomic mass is 10.1. The highest BCUT2D eigenvalue weighted by atomic mass is 16.6. The van der Waals surface area contributed by atoms with Gasteiger partial charge in [-0.2, -0.15) is 0 Å². The van der Waals surface area contributed by atoms with Crippen LogP contribution in [0.2, 0.25) is 0 Å². The number of rotatable bonds is 3. The number of para-hydroxylation sites is 1. The molecule has 2 aliphatic heterocycles. The largest absolute Gasteiger partial charge is 0.489 e. The van der Waals surface area contributed by atoms with E-state index in [1.54, 1.807) is 0 Å². The van der Waals surface area contributed by atoms with Crippen molar-refractivity contribution in [2.24, 2.45) is 0 Å². The minimum absolute atomic E-state index is 0.326. The number of epoxide rings is 1. The molecule has 1 N–H and O–H groups in total. The molecule has 3 heteroatoms. The molecular formula is C11H13NO2. The maximum atomic E-state index is 5.69. The molecule has 1 atom stereocenters. The van der Waals surface area contributed by atoms with Gasteiger partial charge in [-0.3, -0.25) is 0 Å². The molecule has 3 nitrogen and oxygen atoms in total. The lowest BCUT2D eigenvalue weighted by Gasteiger charge is -2.09. The molecule has 1 saturated heterocycles. The van der Waals surface area contributed by atoms with Gasteiger partial charge in [-0.25, -0.2) is 0 Å². The van der Waals surface area contributed by atoms with Gasteiger partial charge in [-0.05, 0) is 18.1 Å². The van der Waals surface area contributed by atoms with Gasteiger partial charge < -0.3 is 14.8 Å². The van der Waals surface area contributed by atoms with Gasteiger partial charge >= 0.3 is 0 Å². The van der Waals surface area contributed by atoms with E-state index in [-0.39, 0.29) is 0 Å². The molecule has 0 spiro atoms. The zero-order chi connectivity index (χ0) is 9.38. The molecule has 1 fully saturated rings. The van der Waals surface area contributed by atoms with Crippen molar-refractivity contribution in [3.05, 3.63) is 23.8 Å². The zero-order valence-electron chi connectivity index (χ0n) is 7.95. The zero-order valence-corrected chi connectivity index (χ0v) is 7.95. The predicted molar refractivity (Wildman–Crippen MR) is 53.9 cm³/mol. The molecule has 2 heterocycles. The molecular weight excluding hydrogens is 178 g/mol. The molecule has 14 heavy (non-hydrogen) atoms. The van der Waals surface area contributed by atoms with Crippen molar-refractivity contribution in [2.45, 2.75) is 12.5 Å². The van der Waals surface area contributed by atoms with E-state index < -0.39 is 0 Å². The summed E-state index contributed by atoms with van der Waals surface area (Å²) in [7, 11) is 0. The smallest absolute Gasteiger partial charge is 0.142 e. The van der Waals surface area contributed by atoms with Crippen molar-refractivity contribution < 1.29 is 9.47 Å². The van der Waals surface area contributed by atoms with Crippen LogP contribution in [0, 0.1) is 0 Å². The molecule has 0 bridgehead atoms. The van der Waals surface area contributed by atoms with Crippen LogP contribution < -0.4 is 10.1 Å². The SMILES string of the molecule is c1cc2c(c(OCC3CO3)c1)NCC2. The van der Waals surface area contributed by atoms with Crippen molar-refractivity contribution >= 4 is 5.69 Å². The monoisotopic (exact) mass is 191 g/mol. The highest BCUT2D eigenvalue weighted by Gasteiger charge is 2.24. The molecule has 1 unspecified atom stereocenters. The summed E-state index contributed by atoms with van der Waals surface area (Å²) in [5.41, 5.74) is 2.53. The average Bonchev–Trinajstić information content (AvgIpc) is 2.91. The maximum absolute atomic E-state index is 5.69. The van der Waals surface area contributed by atoms with Gasteiger partial charge in [0.1, 0.15) is 18.5 Å². The van der Waals surface area contributed by atoms with Gasteiger partial charge in [0.05, 0.1) is 12.3 Å². The van der Waals surface area contributed by atoms with Crippen LogP contribution in [0.3, 0.4) is 0 Å². The van der Waals surface area contributed by atoms with Crippen LogP contribution in [-0.2, 0) is 11.2 Å². The minimum Gasteiger partial charge on any atom is -0.489 e. The number of fused-ring (bicyclic) bond motifs is 1. The third-order valence-corrected chi connectivity index (χ3v) is 2.64. The van der Waals surface area contributed by atoms with E-state index in [9.17, 15) is 0 Å². The van der Waals surface area contributed by atoms with Gasteiger partial charge in [0.2, 0.25) is 0 Å². The Balaban J connectivity index is 1.78. The molecule has 0 radical (unpaired) electrons. The van der Waals surface area contributed by atoms with E-state index in [4.69, 9.17) is 9.47 Å². The summed E-state index contributed by atoms with van der Waals surface area (Å²) in [6, 6.07) is 6.21. The topological polar surface area (TPSA) is 33.8 Å². The molecule has 0 saturated carbocycles. The second kappa shape index (κ2) is 3.17. The summed E-state index contributed by atoms with van der Waals surface area (Å²) >= 11 is 0. The van der Waals surface area contributed by atoms with E-state index in [0.717, 1.165) is 25.3 Å². The standard InChI is InChI=1S/C11H13NO2/c1-2-8-4-5-12-11(8)10(3-1)14-7-9-6-13-9/h1-3,9,12H,4-7H2. The van der Waals surface area contributed by atoms with Gasteiger partial charge in [-0.1, -0.05) is 12.1 Å². The van der Waals surface area contributed by atoms with Crippen molar-refractivity contribution in [1.29, 1.82) is 0 Å². The van der Waals surface area contributed by atoms with Crippen LogP contribution in [-0.4, -0.2) is 25.9 Å². The fourth-order valence-electron chi connectivity index (χ4n) is 1.77. The third kappa shape index (κ3) is 1.44. The van der Waals surface area contributed by atoms with Gasteiger partial charge in [-0.15, -0.1) is 0 Å². The van der Waals surface area contributed by atoms with Gasteiger partial charge in [0.25, 0.3) is 0 Å². The first-order valence-corrected chi connectivity index (χ1v) is 5.03. The Morgan fingerprint density at radius 2 is 2.43 bits per heavy atom. The molecule has 0 aliphatic carbocycles. The molecule has 2 aliphatic rings. The second-order valence-corrected chi connectivity index (χ2v) is 3.73. The summed E-state index contributed by atoms with van der Waals surface area (Å²) in [5, 5.41) is 3.35. The van der Waals surface area contributed by atoms with Crippen LogP contribution in [0.25, 0.3) is 0 Å². The molecule has 0 aromatic heterocycles. The first kappa shape index (κ1) is 8.12. The normalized spacial score (nSPS) is 22.7. The summed E-state index contributed by atoms with van der Waals surface area (Å²) in [4.78, 5) is 0. The van der Waals surface area contributed by atoms with Crippen molar-refractivity contribution in [1.82, 2.24) is 0 Å². The van der Waals surface area contributed by atoms with E-state index >= 15 is 0 Å². The quantitative estimate of drug-likeness (QED) is 0.734. The number of anilines is 1. The number of nitrogens with one attached hydrogen (secondary N) is 1. The Bertz CT molecular complexity index is 347.